The Bertz CT molecular complexity index is 203. The van der Waals surface area contributed by atoms with Crippen LogP contribution in [0.25, 0.3) is 0 Å². The maximum Gasteiger partial charge on any atom is 0.326 e. The number of carboxylic acid groups (broad SMARTS) is 1. The second-order valence-electron chi connectivity index (χ2n) is 3.85. The summed E-state index contributed by atoms with van der Waals surface area (Å²) in [4.78, 5) is 13.0. The lowest BCUT2D eigenvalue weighted by atomic mass is 10.0. The van der Waals surface area contributed by atoms with Gasteiger partial charge in [0.25, 0.3) is 0 Å². The Kier molecular flexibility index (Phi) is 2.93. The highest BCUT2D eigenvalue weighted by Gasteiger charge is 2.44. The predicted molar refractivity (Wildman–Crippen MR) is 48.7 cm³/mol. The molecule has 13 heavy (non-hydrogen) atoms. The maximum absolute atomic E-state index is 11.1. The van der Waals surface area contributed by atoms with E-state index in [9.17, 15) is 4.79 Å². The van der Waals surface area contributed by atoms with Gasteiger partial charge < -0.3 is 9.84 Å². The van der Waals surface area contributed by atoms with E-state index in [1.54, 1.807) is 6.92 Å². The second-order valence-corrected chi connectivity index (χ2v) is 3.85. The van der Waals surface area contributed by atoms with Crippen LogP contribution in [-0.2, 0) is 9.53 Å². The van der Waals surface area contributed by atoms with E-state index in [2.05, 4.69) is 0 Å². The van der Waals surface area contributed by atoms with Crippen LogP contribution in [0.3, 0.4) is 0 Å². The molecule has 1 rings (SSSR count). The van der Waals surface area contributed by atoms with Crippen LogP contribution in [0, 0.1) is 0 Å². The number of hydrogen-bond acceptors (Lipinski definition) is 3. The van der Waals surface area contributed by atoms with Crippen LogP contribution in [0.4, 0.5) is 0 Å². The van der Waals surface area contributed by atoms with Crippen molar-refractivity contribution in [3.8, 4) is 0 Å². The molecule has 76 valence electrons. The Morgan fingerprint density at radius 2 is 2.23 bits per heavy atom. The third-order valence-corrected chi connectivity index (χ3v) is 2.76. The number of likely N-dealkylation sites (N-methyl/N-ethyl adjacent to an activating group) is 1. The molecule has 1 aliphatic rings. The number of carboxylic acids is 1. The van der Waals surface area contributed by atoms with Gasteiger partial charge in [0.15, 0.2) is 0 Å². The Balaban J connectivity index is 2.69. The monoisotopic (exact) mass is 187 g/mol. The average molecular weight is 187 g/mol. The van der Waals surface area contributed by atoms with Gasteiger partial charge in [-0.2, -0.15) is 0 Å². The Morgan fingerprint density at radius 3 is 2.54 bits per heavy atom. The molecule has 0 saturated heterocycles. The minimum atomic E-state index is -0.879. The van der Waals surface area contributed by atoms with Gasteiger partial charge in [-0.15, -0.1) is 0 Å². The summed E-state index contributed by atoms with van der Waals surface area (Å²) in [5, 5.41) is 9.09. The molecule has 1 fully saturated rings. The molecule has 1 saturated carbocycles. The van der Waals surface area contributed by atoms with E-state index in [1.165, 1.54) is 7.11 Å². The molecule has 4 heteroatoms. The molecule has 0 aromatic carbocycles. The zero-order valence-corrected chi connectivity index (χ0v) is 8.41. The normalized spacial score (nSPS) is 21.5. The minimum Gasteiger partial charge on any atom is -0.480 e. The molecular weight excluding hydrogens is 170 g/mol. The quantitative estimate of drug-likeness (QED) is 0.683. The predicted octanol–water partition coefficient (Wildman–Crippen LogP) is 0.570. The van der Waals surface area contributed by atoms with Gasteiger partial charge >= 0.3 is 5.97 Å². The number of nitrogens with zero attached hydrogens (tertiary/aromatic N) is 1. The minimum absolute atomic E-state index is 0.231. The van der Waals surface area contributed by atoms with Crippen molar-refractivity contribution in [1.82, 2.24) is 4.90 Å². The van der Waals surface area contributed by atoms with Gasteiger partial charge in [-0.1, -0.05) is 0 Å². The summed E-state index contributed by atoms with van der Waals surface area (Å²) >= 11 is 0. The van der Waals surface area contributed by atoms with E-state index in [0.29, 0.717) is 6.04 Å². The maximum atomic E-state index is 11.1. The number of hydrogen-bond donors (Lipinski definition) is 1. The molecule has 0 aliphatic heterocycles. The van der Waals surface area contributed by atoms with Gasteiger partial charge in [-0.3, -0.25) is 9.69 Å². The van der Waals surface area contributed by atoms with Crippen molar-refractivity contribution in [1.29, 1.82) is 0 Å². The highest BCUT2D eigenvalue weighted by Crippen LogP contribution is 2.31. The molecule has 1 aliphatic carbocycles. The number of methoxy groups -OCH3 is 1. The van der Waals surface area contributed by atoms with Gasteiger partial charge in [-0.05, 0) is 26.8 Å². The van der Waals surface area contributed by atoms with Crippen LogP contribution in [0.1, 0.15) is 19.8 Å². The van der Waals surface area contributed by atoms with E-state index in [0.717, 1.165) is 12.8 Å². The van der Waals surface area contributed by atoms with E-state index in [1.807, 2.05) is 11.9 Å². The second kappa shape index (κ2) is 3.64. The third-order valence-electron chi connectivity index (χ3n) is 2.76. The SMILES string of the molecule is COCC(C)(C(=O)O)N(C)C1CC1. The average Bonchev–Trinajstić information content (AvgIpc) is 2.85. The molecule has 0 radical (unpaired) electrons. The molecule has 0 amide bonds. The molecule has 4 nitrogen and oxygen atoms in total. The standard InChI is InChI=1S/C9H17NO3/c1-9(6-13-3,8(11)12)10(2)7-4-5-7/h7H,4-6H2,1-3H3,(H,11,12). The third kappa shape index (κ3) is 2.00. The van der Waals surface area contributed by atoms with Crippen LogP contribution >= 0.6 is 0 Å². The molecule has 1 N–H and O–H groups in total. The summed E-state index contributed by atoms with van der Waals surface area (Å²) in [6.45, 7) is 1.94. The first-order valence-electron chi connectivity index (χ1n) is 4.47. The van der Waals surface area contributed by atoms with Crippen molar-refractivity contribution in [3.05, 3.63) is 0 Å². The first-order valence-corrected chi connectivity index (χ1v) is 4.47. The molecule has 0 spiro atoms. The summed E-state index contributed by atoms with van der Waals surface area (Å²) in [6.07, 6.45) is 2.20. The van der Waals surface area contributed by atoms with Crippen molar-refractivity contribution < 1.29 is 14.6 Å². The molecule has 1 unspecified atom stereocenters. The first kappa shape index (κ1) is 10.5. The largest absolute Gasteiger partial charge is 0.480 e. The highest BCUT2D eigenvalue weighted by molar-refractivity contribution is 5.78. The molecule has 0 bridgehead atoms. The summed E-state index contributed by atoms with van der Waals surface area (Å²) in [5.41, 5.74) is -0.879. The summed E-state index contributed by atoms with van der Waals surface area (Å²) in [6, 6.07) is 0.427. The van der Waals surface area contributed by atoms with Crippen molar-refractivity contribution in [2.75, 3.05) is 20.8 Å². The van der Waals surface area contributed by atoms with Crippen LogP contribution in [0.15, 0.2) is 0 Å². The van der Waals surface area contributed by atoms with Crippen LogP contribution in [-0.4, -0.2) is 48.3 Å². The topological polar surface area (TPSA) is 49.8 Å². The van der Waals surface area contributed by atoms with Gasteiger partial charge in [-0.25, -0.2) is 0 Å². The van der Waals surface area contributed by atoms with E-state index in [4.69, 9.17) is 9.84 Å². The number of ether oxygens (including phenoxy) is 1. The molecule has 0 aromatic rings. The summed E-state index contributed by atoms with van der Waals surface area (Å²) in [7, 11) is 3.38. The fourth-order valence-corrected chi connectivity index (χ4v) is 1.46. The van der Waals surface area contributed by atoms with Crippen LogP contribution in [0.5, 0.6) is 0 Å². The highest BCUT2D eigenvalue weighted by atomic mass is 16.5. The number of aliphatic carboxylic acids is 1. The van der Waals surface area contributed by atoms with E-state index in [-0.39, 0.29) is 6.61 Å². The molecule has 0 aromatic heterocycles. The lowest BCUT2D eigenvalue weighted by Gasteiger charge is -2.34. The van der Waals surface area contributed by atoms with Crippen molar-refractivity contribution >= 4 is 5.97 Å². The Hall–Kier alpha value is -0.610. The smallest absolute Gasteiger partial charge is 0.326 e. The molecular formula is C9H17NO3. The van der Waals surface area contributed by atoms with Crippen molar-refractivity contribution in [2.24, 2.45) is 0 Å². The van der Waals surface area contributed by atoms with E-state index >= 15 is 0 Å². The number of rotatable bonds is 5. The zero-order chi connectivity index (χ0) is 10.1. The van der Waals surface area contributed by atoms with Gasteiger partial charge in [0.2, 0.25) is 0 Å². The summed E-state index contributed by atoms with van der Waals surface area (Å²) in [5.74, 6) is -0.816. The lowest BCUT2D eigenvalue weighted by Crippen LogP contribution is -2.54. The Morgan fingerprint density at radius 1 is 1.69 bits per heavy atom. The van der Waals surface area contributed by atoms with E-state index < -0.39 is 11.5 Å². The van der Waals surface area contributed by atoms with Crippen LogP contribution < -0.4 is 0 Å². The lowest BCUT2D eigenvalue weighted by molar-refractivity contribution is -0.153. The fourth-order valence-electron chi connectivity index (χ4n) is 1.46. The fraction of sp³-hybridized carbons (Fsp3) is 0.889. The summed E-state index contributed by atoms with van der Waals surface area (Å²) < 4.78 is 4.94. The van der Waals surface area contributed by atoms with Crippen LogP contribution in [0.2, 0.25) is 0 Å². The zero-order valence-electron chi connectivity index (χ0n) is 8.41. The van der Waals surface area contributed by atoms with Gasteiger partial charge in [0, 0.05) is 13.2 Å². The van der Waals surface area contributed by atoms with Gasteiger partial charge in [0.05, 0.1) is 6.61 Å². The van der Waals surface area contributed by atoms with Crippen molar-refractivity contribution in [2.45, 2.75) is 31.3 Å². The molecule has 0 heterocycles. The Labute approximate surface area is 78.5 Å². The first-order chi connectivity index (χ1) is 6.02. The van der Waals surface area contributed by atoms with Crippen molar-refractivity contribution in [3.63, 3.8) is 0 Å². The molecule has 1 atom stereocenters. The number of carbonyl (C=O) groups is 1. The van der Waals surface area contributed by atoms with Gasteiger partial charge in [0.1, 0.15) is 5.54 Å².